The van der Waals surface area contributed by atoms with Gasteiger partial charge in [-0.1, -0.05) is 23.8 Å². The van der Waals surface area contributed by atoms with Crippen molar-refractivity contribution >= 4 is 17.8 Å². The first kappa shape index (κ1) is 17.5. The summed E-state index contributed by atoms with van der Waals surface area (Å²) >= 11 is 0. The van der Waals surface area contributed by atoms with E-state index in [-0.39, 0.29) is 11.7 Å². The van der Waals surface area contributed by atoms with E-state index in [2.05, 4.69) is 0 Å². The van der Waals surface area contributed by atoms with Gasteiger partial charge in [0.2, 0.25) is 0 Å². The van der Waals surface area contributed by atoms with Gasteiger partial charge in [0.1, 0.15) is 5.75 Å². The van der Waals surface area contributed by atoms with Gasteiger partial charge in [0.15, 0.2) is 5.78 Å². The summed E-state index contributed by atoms with van der Waals surface area (Å²) in [7, 11) is 4.99. The van der Waals surface area contributed by atoms with Gasteiger partial charge < -0.3 is 9.64 Å². The highest BCUT2D eigenvalue weighted by atomic mass is 16.5. The number of hydrogen-bond acceptors (Lipinski definition) is 3. The molecule has 0 aliphatic heterocycles. The summed E-state index contributed by atoms with van der Waals surface area (Å²) in [5.41, 5.74) is 3.04. The van der Waals surface area contributed by atoms with Gasteiger partial charge in [0.05, 0.1) is 7.11 Å². The molecule has 2 rings (SSSR count). The van der Waals surface area contributed by atoms with Gasteiger partial charge in [-0.25, -0.2) is 0 Å². The average Bonchev–Trinajstić information content (AvgIpc) is 2.59. The summed E-state index contributed by atoms with van der Waals surface area (Å²) in [5, 5.41) is 0. The van der Waals surface area contributed by atoms with E-state index in [9.17, 15) is 9.59 Å². The third-order valence-electron chi connectivity index (χ3n) is 3.62. The molecular weight excluding hydrogens is 302 g/mol. The number of allylic oxidation sites excluding steroid dienone is 1. The lowest BCUT2D eigenvalue weighted by Gasteiger charge is -2.10. The first-order valence-corrected chi connectivity index (χ1v) is 7.61. The second-order valence-electron chi connectivity index (χ2n) is 5.72. The summed E-state index contributed by atoms with van der Waals surface area (Å²) in [6, 6.07) is 12.4. The molecule has 0 N–H and O–H groups in total. The third-order valence-corrected chi connectivity index (χ3v) is 3.62. The second-order valence-corrected chi connectivity index (χ2v) is 5.72. The highest BCUT2D eigenvalue weighted by Crippen LogP contribution is 2.21. The van der Waals surface area contributed by atoms with Crippen molar-refractivity contribution in [2.24, 2.45) is 0 Å². The van der Waals surface area contributed by atoms with Crippen molar-refractivity contribution in [3.63, 3.8) is 0 Å². The topological polar surface area (TPSA) is 46.6 Å². The molecule has 0 saturated carbocycles. The molecule has 0 aliphatic rings. The van der Waals surface area contributed by atoms with E-state index in [1.807, 2.05) is 25.1 Å². The van der Waals surface area contributed by atoms with Crippen molar-refractivity contribution in [1.82, 2.24) is 4.90 Å². The number of methoxy groups -OCH3 is 1. The minimum atomic E-state index is -0.123. The quantitative estimate of drug-likeness (QED) is 0.624. The second kappa shape index (κ2) is 7.59. The summed E-state index contributed by atoms with van der Waals surface area (Å²) in [4.78, 5) is 25.6. The monoisotopic (exact) mass is 323 g/mol. The van der Waals surface area contributed by atoms with Crippen LogP contribution in [0.4, 0.5) is 0 Å². The number of carbonyl (C=O) groups is 2. The molecule has 0 aliphatic carbocycles. The predicted molar refractivity (Wildman–Crippen MR) is 95.6 cm³/mol. The molecule has 0 fully saturated rings. The maximum absolute atomic E-state index is 12.3. The van der Waals surface area contributed by atoms with Gasteiger partial charge in [-0.05, 0) is 43.3 Å². The standard InChI is InChI=1S/C20H21NO3/c1-14-5-12-19(24-4)17(13-14)10-11-18(22)15-6-8-16(9-7-15)20(23)21(2)3/h5-13H,1-4H3/b11-10+. The van der Waals surface area contributed by atoms with Crippen LogP contribution in [0.5, 0.6) is 5.75 Å². The van der Waals surface area contributed by atoms with Crippen LogP contribution in [0.15, 0.2) is 48.5 Å². The molecule has 24 heavy (non-hydrogen) atoms. The number of carbonyl (C=O) groups excluding carboxylic acids is 2. The van der Waals surface area contributed by atoms with Crippen molar-refractivity contribution in [2.75, 3.05) is 21.2 Å². The molecule has 0 radical (unpaired) electrons. The van der Waals surface area contributed by atoms with Crippen LogP contribution in [-0.2, 0) is 0 Å². The SMILES string of the molecule is COc1ccc(C)cc1/C=C/C(=O)c1ccc(C(=O)N(C)C)cc1. The normalized spacial score (nSPS) is 10.7. The summed E-state index contributed by atoms with van der Waals surface area (Å²) in [6.07, 6.45) is 3.26. The number of hydrogen-bond donors (Lipinski definition) is 0. The van der Waals surface area contributed by atoms with Crippen LogP contribution in [0.3, 0.4) is 0 Å². The zero-order chi connectivity index (χ0) is 17.7. The number of ether oxygens (including phenoxy) is 1. The Morgan fingerprint density at radius 1 is 1.00 bits per heavy atom. The number of ketones is 1. The van der Waals surface area contributed by atoms with Crippen molar-refractivity contribution in [3.05, 3.63) is 70.8 Å². The zero-order valence-corrected chi connectivity index (χ0v) is 14.4. The Hall–Kier alpha value is -2.88. The van der Waals surface area contributed by atoms with Gasteiger partial charge in [-0.15, -0.1) is 0 Å². The van der Waals surface area contributed by atoms with Gasteiger partial charge in [-0.2, -0.15) is 0 Å². The molecular formula is C20H21NO3. The van der Waals surface area contributed by atoms with E-state index in [0.717, 1.165) is 16.9 Å². The third kappa shape index (κ3) is 4.10. The Morgan fingerprint density at radius 3 is 2.21 bits per heavy atom. The molecule has 124 valence electrons. The van der Waals surface area contributed by atoms with E-state index < -0.39 is 0 Å². The van der Waals surface area contributed by atoms with Gasteiger partial charge in [0.25, 0.3) is 5.91 Å². The van der Waals surface area contributed by atoms with Crippen molar-refractivity contribution in [1.29, 1.82) is 0 Å². The summed E-state index contributed by atoms with van der Waals surface area (Å²) in [6.45, 7) is 1.99. The molecule has 2 aromatic carbocycles. The predicted octanol–water partition coefficient (Wildman–Crippen LogP) is 3.60. The first-order chi connectivity index (χ1) is 11.4. The zero-order valence-electron chi connectivity index (χ0n) is 14.4. The minimum absolute atomic E-state index is 0.0889. The number of rotatable bonds is 5. The van der Waals surface area contributed by atoms with E-state index in [4.69, 9.17) is 4.74 Å². The highest BCUT2D eigenvalue weighted by molar-refractivity contribution is 6.07. The molecule has 2 aromatic rings. The van der Waals surface area contributed by atoms with Gasteiger partial charge in [-0.3, -0.25) is 9.59 Å². The minimum Gasteiger partial charge on any atom is -0.496 e. The molecule has 0 bridgehead atoms. The highest BCUT2D eigenvalue weighted by Gasteiger charge is 2.09. The summed E-state index contributed by atoms with van der Waals surface area (Å²) in [5.74, 6) is 0.507. The van der Waals surface area contributed by atoms with Crippen LogP contribution in [0.1, 0.15) is 31.8 Å². The maximum Gasteiger partial charge on any atom is 0.253 e. The van der Waals surface area contributed by atoms with E-state index in [0.29, 0.717) is 11.1 Å². The molecule has 4 heteroatoms. The van der Waals surface area contributed by atoms with Crippen LogP contribution in [0, 0.1) is 6.92 Å². The Morgan fingerprint density at radius 2 is 1.62 bits per heavy atom. The fraction of sp³-hybridized carbons (Fsp3) is 0.200. The Balaban J connectivity index is 2.18. The molecule has 0 saturated heterocycles. The van der Waals surface area contributed by atoms with E-state index >= 15 is 0 Å². The molecule has 4 nitrogen and oxygen atoms in total. The average molecular weight is 323 g/mol. The van der Waals surface area contributed by atoms with Gasteiger partial charge in [0, 0.05) is 30.8 Å². The molecule has 0 atom stereocenters. The fourth-order valence-electron chi connectivity index (χ4n) is 2.28. The lowest BCUT2D eigenvalue weighted by molar-refractivity contribution is 0.0827. The van der Waals surface area contributed by atoms with E-state index in [1.54, 1.807) is 51.5 Å². The number of nitrogens with zero attached hydrogens (tertiary/aromatic N) is 1. The van der Waals surface area contributed by atoms with Crippen LogP contribution < -0.4 is 4.74 Å². The number of amides is 1. The maximum atomic E-state index is 12.3. The lowest BCUT2D eigenvalue weighted by Crippen LogP contribution is -2.21. The smallest absolute Gasteiger partial charge is 0.253 e. The number of benzene rings is 2. The Labute approximate surface area is 142 Å². The van der Waals surface area contributed by atoms with Crippen molar-refractivity contribution < 1.29 is 14.3 Å². The van der Waals surface area contributed by atoms with E-state index in [1.165, 1.54) is 11.0 Å². The summed E-state index contributed by atoms with van der Waals surface area (Å²) < 4.78 is 5.30. The molecule has 0 spiro atoms. The number of aryl methyl sites for hydroxylation is 1. The van der Waals surface area contributed by atoms with Crippen LogP contribution in [-0.4, -0.2) is 37.8 Å². The molecule has 0 aromatic heterocycles. The fourth-order valence-corrected chi connectivity index (χ4v) is 2.28. The Bertz CT molecular complexity index is 774. The van der Waals surface area contributed by atoms with Crippen LogP contribution in [0.2, 0.25) is 0 Å². The largest absolute Gasteiger partial charge is 0.496 e. The van der Waals surface area contributed by atoms with Crippen LogP contribution >= 0.6 is 0 Å². The first-order valence-electron chi connectivity index (χ1n) is 7.61. The molecule has 0 unspecified atom stereocenters. The molecule has 1 amide bonds. The molecule has 0 heterocycles. The lowest BCUT2D eigenvalue weighted by atomic mass is 10.1. The van der Waals surface area contributed by atoms with Crippen LogP contribution in [0.25, 0.3) is 6.08 Å². The van der Waals surface area contributed by atoms with Gasteiger partial charge >= 0.3 is 0 Å². The van der Waals surface area contributed by atoms with Crippen molar-refractivity contribution in [2.45, 2.75) is 6.92 Å². The Kier molecular flexibility index (Phi) is 5.53. The van der Waals surface area contributed by atoms with Crippen molar-refractivity contribution in [3.8, 4) is 5.75 Å².